The second-order valence-electron chi connectivity index (χ2n) is 7.22. The summed E-state index contributed by atoms with van der Waals surface area (Å²) in [4.78, 5) is 39.3. The van der Waals surface area contributed by atoms with Crippen molar-refractivity contribution in [1.29, 1.82) is 0 Å². The van der Waals surface area contributed by atoms with Gasteiger partial charge in [0.1, 0.15) is 24.4 Å². The molecule has 32 heavy (non-hydrogen) atoms. The van der Waals surface area contributed by atoms with Crippen LogP contribution in [0.1, 0.15) is 7.43 Å². The molecule has 4 fully saturated rings. The molecule has 16 heteroatoms. The SMILES string of the molecule is C.N[C@@H]1CO[C@H]2[C@@H]1OC[C@@H]2O[N+](=O)[O-].O=CNCCN[C@@H]1CO[C@H]2[C@@H]1OC[C@@H]2O[N+](=O)[O-]. The van der Waals surface area contributed by atoms with E-state index in [-0.39, 0.29) is 51.0 Å². The molecule has 4 rings (SSSR count). The summed E-state index contributed by atoms with van der Waals surface area (Å²) in [5, 5.41) is 24.4. The van der Waals surface area contributed by atoms with E-state index >= 15 is 0 Å². The Bertz CT molecular complexity index is 643. The fourth-order valence-corrected chi connectivity index (χ4v) is 3.92. The third-order valence-electron chi connectivity index (χ3n) is 5.26. The number of ether oxygens (including phenoxy) is 4. The van der Waals surface area contributed by atoms with Crippen LogP contribution in [0.25, 0.3) is 0 Å². The average Bonchev–Trinajstić information content (AvgIpc) is 3.46. The fourth-order valence-electron chi connectivity index (χ4n) is 3.92. The maximum atomic E-state index is 10.3. The van der Waals surface area contributed by atoms with Crippen molar-refractivity contribution in [3.05, 3.63) is 20.2 Å². The monoisotopic (exact) mass is 467 g/mol. The van der Waals surface area contributed by atoms with Crippen molar-refractivity contribution in [2.24, 2.45) is 5.73 Å². The highest BCUT2D eigenvalue weighted by Crippen LogP contribution is 2.29. The van der Waals surface area contributed by atoms with E-state index in [1.807, 2.05) is 0 Å². The van der Waals surface area contributed by atoms with Gasteiger partial charge in [0.25, 0.3) is 10.2 Å². The van der Waals surface area contributed by atoms with Crippen LogP contribution in [0.3, 0.4) is 0 Å². The summed E-state index contributed by atoms with van der Waals surface area (Å²) in [5.41, 5.74) is 5.64. The Kier molecular flexibility index (Phi) is 9.73. The van der Waals surface area contributed by atoms with Crippen molar-refractivity contribution < 1.29 is 43.6 Å². The zero-order valence-corrected chi connectivity index (χ0v) is 16.4. The van der Waals surface area contributed by atoms with Gasteiger partial charge in [-0.25, -0.2) is 0 Å². The van der Waals surface area contributed by atoms with Crippen LogP contribution in [0.5, 0.6) is 0 Å². The molecular weight excluding hydrogens is 438 g/mol. The third-order valence-corrected chi connectivity index (χ3v) is 5.26. The minimum atomic E-state index is -0.830. The van der Waals surface area contributed by atoms with E-state index in [4.69, 9.17) is 24.7 Å². The van der Waals surface area contributed by atoms with Crippen LogP contribution < -0.4 is 16.4 Å². The van der Waals surface area contributed by atoms with Crippen LogP contribution in [0.4, 0.5) is 0 Å². The number of nitrogens with one attached hydrogen (secondary N) is 2. The van der Waals surface area contributed by atoms with Gasteiger partial charge >= 0.3 is 0 Å². The van der Waals surface area contributed by atoms with Crippen molar-refractivity contribution in [3.63, 3.8) is 0 Å². The van der Waals surface area contributed by atoms with Gasteiger partial charge in [-0.05, 0) is 0 Å². The topological polar surface area (TPSA) is 209 Å². The van der Waals surface area contributed by atoms with Crippen LogP contribution in [-0.2, 0) is 33.4 Å². The summed E-state index contributed by atoms with van der Waals surface area (Å²) in [6.07, 6.45) is -1.97. The Balaban J connectivity index is 0.000000230. The van der Waals surface area contributed by atoms with E-state index in [1.54, 1.807) is 0 Å². The third kappa shape index (κ3) is 6.33. The molecule has 1 amide bonds. The molecule has 0 saturated carbocycles. The Morgan fingerprint density at radius 2 is 1.41 bits per heavy atom. The summed E-state index contributed by atoms with van der Waals surface area (Å²) in [5.74, 6) is 0. The van der Waals surface area contributed by atoms with Gasteiger partial charge in [-0.1, -0.05) is 7.43 Å². The molecule has 4 aliphatic heterocycles. The van der Waals surface area contributed by atoms with Crippen molar-refractivity contribution >= 4 is 6.41 Å². The molecule has 0 aromatic heterocycles. The Morgan fingerprint density at radius 3 is 2.00 bits per heavy atom. The molecule has 4 heterocycles. The number of nitrogens with zero attached hydrogens (tertiary/aromatic N) is 2. The van der Waals surface area contributed by atoms with Crippen LogP contribution in [-0.4, -0.2) is 105 Å². The fraction of sp³-hybridized carbons (Fsp3) is 0.938. The van der Waals surface area contributed by atoms with Gasteiger partial charge in [-0.15, -0.1) is 20.2 Å². The van der Waals surface area contributed by atoms with E-state index < -0.39 is 28.5 Å². The first-order valence-corrected chi connectivity index (χ1v) is 9.65. The van der Waals surface area contributed by atoms with E-state index in [9.17, 15) is 25.0 Å². The second kappa shape index (κ2) is 12.0. The molecule has 8 atom stereocenters. The van der Waals surface area contributed by atoms with Gasteiger partial charge in [0.2, 0.25) is 6.41 Å². The van der Waals surface area contributed by atoms with Gasteiger partial charge in [0.05, 0.1) is 38.5 Å². The number of nitrogens with two attached hydrogens (primary N) is 1. The van der Waals surface area contributed by atoms with Gasteiger partial charge in [0, 0.05) is 13.1 Å². The number of fused-ring (bicyclic) bond motifs is 2. The van der Waals surface area contributed by atoms with Crippen molar-refractivity contribution in [1.82, 2.24) is 10.6 Å². The first-order valence-electron chi connectivity index (χ1n) is 9.65. The molecule has 0 aliphatic carbocycles. The van der Waals surface area contributed by atoms with Gasteiger partial charge in [-0.2, -0.15) is 0 Å². The number of carbonyl (C=O) groups is 1. The number of rotatable bonds is 9. The average molecular weight is 467 g/mol. The molecule has 0 aromatic rings. The Hall–Kier alpha value is -2.37. The van der Waals surface area contributed by atoms with Crippen molar-refractivity contribution in [2.45, 2.75) is 56.1 Å². The minimum absolute atomic E-state index is 0. The minimum Gasteiger partial charge on any atom is -0.371 e. The predicted octanol–water partition coefficient (Wildman–Crippen LogP) is -2.61. The number of hydrogen-bond acceptors (Lipinski definition) is 13. The predicted molar refractivity (Wildman–Crippen MR) is 103 cm³/mol. The zero-order chi connectivity index (χ0) is 22.4. The molecule has 4 aliphatic rings. The molecule has 0 aromatic carbocycles. The summed E-state index contributed by atoms with van der Waals surface area (Å²) in [6.45, 7) is 2.19. The normalized spacial score (nSPS) is 36.7. The molecule has 4 saturated heterocycles. The van der Waals surface area contributed by atoms with E-state index in [2.05, 4.69) is 20.3 Å². The first-order chi connectivity index (χ1) is 14.9. The standard InChI is InChI=1S/C9H15N3O6.C6H10N2O5.CH4/c13-5-10-1-2-11-6-3-16-9-7(18-12(14)15)4-17-8(6)9;7-3-1-11-6-4(13-8(9)10)2-12-5(3)6;/h5-9,11H,1-4H2,(H,10,13);3-6H,1-2,7H2;1H4/t6-,7+,8-,9-;3-,4+,5-,6-;/m11./s1. The maximum absolute atomic E-state index is 10.3. The molecule has 4 N–H and O–H groups in total. The number of carbonyl (C=O) groups excluding carboxylic acids is 1. The van der Waals surface area contributed by atoms with Crippen LogP contribution in [0.15, 0.2) is 0 Å². The molecule has 0 unspecified atom stereocenters. The zero-order valence-electron chi connectivity index (χ0n) is 16.4. The number of amides is 1. The van der Waals surface area contributed by atoms with Crippen LogP contribution in [0.2, 0.25) is 0 Å². The summed E-state index contributed by atoms with van der Waals surface area (Å²) >= 11 is 0. The smallest absolute Gasteiger partial charge is 0.294 e. The van der Waals surface area contributed by atoms with Gasteiger partial charge in [-0.3, -0.25) is 4.79 Å². The van der Waals surface area contributed by atoms with Crippen molar-refractivity contribution in [3.8, 4) is 0 Å². The summed E-state index contributed by atoms with van der Waals surface area (Å²) < 4.78 is 21.4. The van der Waals surface area contributed by atoms with Gasteiger partial charge in [0.15, 0.2) is 12.2 Å². The molecular formula is C16H29N5O11. The molecule has 16 nitrogen and oxygen atoms in total. The number of hydrogen-bond donors (Lipinski definition) is 3. The Labute approximate surface area is 183 Å². The van der Waals surface area contributed by atoms with E-state index in [0.717, 1.165) is 0 Å². The molecule has 0 spiro atoms. The Morgan fingerprint density at radius 1 is 0.875 bits per heavy atom. The lowest BCUT2D eigenvalue weighted by Gasteiger charge is -2.17. The lowest BCUT2D eigenvalue weighted by Crippen LogP contribution is -2.43. The van der Waals surface area contributed by atoms with Crippen LogP contribution in [0, 0.1) is 20.2 Å². The summed E-state index contributed by atoms with van der Waals surface area (Å²) in [6, 6.07) is -0.242. The van der Waals surface area contributed by atoms with E-state index in [0.29, 0.717) is 32.7 Å². The van der Waals surface area contributed by atoms with E-state index in [1.165, 1.54) is 0 Å². The highest BCUT2D eigenvalue weighted by Gasteiger charge is 2.49. The largest absolute Gasteiger partial charge is 0.371 e. The van der Waals surface area contributed by atoms with Crippen molar-refractivity contribution in [2.75, 3.05) is 39.5 Å². The quantitative estimate of drug-likeness (QED) is 0.137. The molecule has 0 bridgehead atoms. The molecule has 184 valence electrons. The lowest BCUT2D eigenvalue weighted by atomic mass is 10.1. The van der Waals surface area contributed by atoms with Gasteiger partial charge < -0.3 is 45.0 Å². The summed E-state index contributed by atoms with van der Waals surface area (Å²) in [7, 11) is 0. The highest BCUT2D eigenvalue weighted by molar-refractivity contribution is 5.45. The van der Waals surface area contributed by atoms with Crippen LogP contribution >= 0.6 is 0 Å². The maximum Gasteiger partial charge on any atom is 0.294 e. The second-order valence-corrected chi connectivity index (χ2v) is 7.22. The lowest BCUT2D eigenvalue weighted by molar-refractivity contribution is -0.769. The first kappa shape index (κ1) is 25.9. The highest BCUT2D eigenvalue weighted by atomic mass is 17.0. The molecule has 0 radical (unpaired) electrons.